The first kappa shape index (κ1) is 23.7. The van der Waals surface area contributed by atoms with Crippen molar-refractivity contribution in [1.82, 2.24) is 0 Å². The number of rotatable bonds is 0. The Labute approximate surface area is 125 Å². The van der Waals surface area contributed by atoms with E-state index in [1.165, 1.54) is 0 Å². The zero-order valence-electron chi connectivity index (χ0n) is 6.02. The van der Waals surface area contributed by atoms with Crippen molar-refractivity contribution in [1.29, 1.82) is 0 Å². The Hall–Kier alpha value is 1.99. The van der Waals surface area contributed by atoms with Gasteiger partial charge in [-0.15, -0.1) is 0 Å². The maximum absolute atomic E-state index is 8.58. The topological polar surface area (TPSA) is 149 Å². The van der Waals surface area contributed by atoms with Crippen LogP contribution in [0.3, 0.4) is 0 Å². The molecule has 0 saturated carbocycles. The summed E-state index contributed by atoms with van der Waals surface area (Å²) in [6.45, 7) is 0. The van der Waals surface area contributed by atoms with Crippen LogP contribution in [0.4, 0.5) is 0 Å². The van der Waals surface area contributed by atoms with Gasteiger partial charge in [0.25, 0.3) is 0 Å². The third kappa shape index (κ3) is 365. The third-order valence-electron chi connectivity index (χ3n) is 0. The summed E-state index contributed by atoms with van der Waals surface area (Å²) >= 11 is -11.2. The van der Waals surface area contributed by atoms with Gasteiger partial charge in [-0.1, -0.05) is 0 Å². The molecule has 0 aromatic rings. The molecule has 64 valence electrons. The van der Waals surface area contributed by atoms with Gasteiger partial charge in [-0.05, 0) is 0 Å². The molecule has 0 atom stereocenters. The van der Waals surface area contributed by atoms with Gasteiger partial charge in [-0.2, -0.15) is 0 Å². The monoisotopic (exact) mass is 284 g/mol. The van der Waals surface area contributed by atoms with Crippen LogP contribution in [-0.4, -0.2) is 0 Å². The van der Waals surface area contributed by atoms with E-state index in [0.717, 1.165) is 0 Å². The molecule has 0 fully saturated rings. The quantitative estimate of drug-likeness (QED) is 0.398. The van der Waals surface area contributed by atoms with E-state index >= 15 is 0 Å². The Morgan fingerprint density at radius 2 is 0.667 bits per heavy atom. The molecule has 0 aliphatic rings. The average Bonchev–Trinajstić information content (AvgIpc) is 1.12. The molecule has 8 nitrogen and oxygen atoms in total. The van der Waals surface area contributed by atoms with E-state index in [1.807, 2.05) is 0 Å². The summed E-state index contributed by atoms with van der Waals surface area (Å²) in [7, 11) is 0. The zero-order chi connectivity index (χ0) is 9.00. The fraction of sp³-hybridized carbons (Fsp3) is 0. The summed E-state index contributed by atoms with van der Waals surface area (Å²) in [5.41, 5.74) is 0. The van der Waals surface area contributed by atoms with Crippen LogP contribution in [0.2, 0.25) is 0 Å². The van der Waals surface area contributed by atoms with Gasteiger partial charge < -0.3 is 0 Å². The predicted octanol–water partition coefficient (Wildman–Crippen LogP) is -9.09. The Morgan fingerprint density at radius 3 is 0.667 bits per heavy atom. The molecule has 0 aromatic carbocycles. The molecule has 0 amide bonds. The van der Waals surface area contributed by atoms with Gasteiger partial charge in [0.1, 0.15) is 0 Å². The van der Waals surface area contributed by atoms with Crippen LogP contribution in [0.15, 0.2) is 0 Å². The van der Waals surface area contributed by atoms with E-state index < -0.39 is 25.9 Å². The molecule has 0 spiro atoms. The standard InChI is InChI=1S/K.Li.2Mn.8O/q2*+1;;;;;;;;;2*-1. The van der Waals surface area contributed by atoms with Crippen LogP contribution >= 0.6 is 0 Å². The molecule has 0 aliphatic carbocycles. The average molecular weight is 284 g/mol. The van der Waals surface area contributed by atoms with Crippen molar-refractivity contribution in [3.8, 4) is 0 Å². The Morgan fingerprint density at radius 1 is 0.667 bits per heavy atom. The first-order chi connectivity index (χ1) is 4.00. The molecule has 0 aliphatic heterocycles. The minimum atomic E-state index is -5.62. The molecule has 0 aromatic heterocycles. The van der Waals surface area contributed by atoms with E-state index in [9.17, 15) is 0 Å². The molecular formula is KLiMn2O8. The fourth-order valence-corrected chi connectivity index (χ4v) is 0. The van der Waals surface area contributed by atoms with Gasteiger partial charge in [-0.3, -0.25) is 0 Å². The third-order valence-corrected chi connectivity index (χ3v) is 0. The molecular weight excluding hydrogens is 284 g/mol. The van der Waals surface area contributed by atoms with Crippen molar-refractivity contribution in [2.45, 2.75) is 0 Å². The summed E-state index contributed by atoms with van der Waals surface area (Å²) in [6.07, 6.45) is 0. The van der Waals surface area contributed by atoms with Gasteiger partial charge in [0, 0.05) is 0 Å². The van der Waals surface area contributed by atoms with E-state index in [-0.39, 0.29) is 70.2 Å². The van der Waals surface area contributed by atoms with Crippen LogP contribution in [0, 0.1) is 0 Å². The normalized spacial score (nSPS) is 9.50. The Balaban J connectivity index is -0.0000000457. The molecule has 12 heavy (non-hydrogen) atoms. The number of hydrogen-bond donors (Lipinski definition) is 0. The van der Waals surface area contributed by atoms with E-state index in [4.69, 9.17) is 31.4 Å². The summed E-state index contributed by atoms with van der Waals surface area (Å²) < 4.78 is 68.6. The molecule has 12 heteroatoms. The van der Waals surface area contributed by atoms with Gasteiger partial charge in [0.2, 0.25) is 0 Å². The SMILES string of the molecule is [K+].[Li+].[O]=[Mn](=[O])(=[O])[O-].[O]=[Mn](=[O])(=[O])[O-]. The van der Waals surface area contributed by atoms with E-state index in [0.29, 0.717) is 0 Å². The zero-order valence-corrected chi connectivity index (χ0v) is 11.5. The second kappa shape index (κ2) is 9.54. The predicted molar refractivity (Wildman–Crippen MR) is 4.12 cm³/mol. The summed E-state index contributed by atoms with van der Waals surface area (Å²) in [4.78, 5) is 0. The van der Waals surface area contributed by atoms with Crippen LogP contribution in [0.25, 0.3) is 0 Å². The van der Waals surface area contributed by atoms with E-state index in [2.05, 4.69) is 0 Å². The van der Waals surface area contributed by atoms with Crippen molar-refractivity contribution in [3.05, 3.63) is 0 Å². The summed E-state index contributed by atoms with van der Waals surface area (Å²) in [5.74, 6) is 0. The van der Waals surface area contributed by atoms with Crippen LogP contribution in [-0.2, 0) is 48.9 Å². The fourth-order valence-electron chi connectivity index (χ4n) is 0. The van der Waals surface area contributed by atoms with Crippen molar-refractivity contribution in [2.24, 2.45) is 0 Å². The van der Waals surface area contributed by atoms with Crippen LogP contribution < -0.4 is 78.6 Å². The maximum atomic E-state index is 8.58. The molecule has 0 radical (unpaired) electrons. The molecule has 0 saturated heterocycles. The van der Waals surface area contributed by atoms with Gasteiger partial charge in [0.05, 0.1) is 0 Å². The summed E-state index contributed by atoms with van der Waals surface area (Å²) in [5, 5.41) is 0. The summed E-state index contributed by atoms with van der Waals surface area (Å²) in [6, 6.07) is 0. The van der Waals surface area contributed by atoms with Gasteiger partial charge in [-0.25, -0.2) is 0 Å². The Bertz CT molecular complexity index is 301. The molecule has 0 N–H and O–H groups in total. The van der Waals surface area contributed by atoms with Gasteiger partial charge >= 0.3 is 128 Å². The first-order valence-electron chi connectivity index (χ1n) is 1.23. The number of hydrogen-bond acceptors (Lipinski definition) is 8. The van der Waals surface area contributed by atoms with Crippen molar-refractivity contribution in [3.63, 3.8) is 0 Å². The minimum absolute atomic E-state index is 0. The molecule has 0 rings (SSSR count). The van der Waals surface area contributed by atoms with Crippen LogP contribution in [0.1, 0.15) is 0 Å². The molecule has 0 unspecified atom stereocenters. The van der Waals surface area contributed by atoms with Crippen molar-refractivity contribution < 1.29 is 128 Å². The van der Waals surface area contributed by atoms with Crippen molar-refractivity contribution in [2.75, 3.05) is 0 Å². The Kier molecular flexibility index (Phi) is 18.8. The first-order valence-corrected chi connectivity index (χ1v) is 5.09. The van der Waals surface area contributed by atoms with E-state index in [1.54, 1.807) is 0 Å². The van der Waals surface area contributed by atoms with Crippen LogP contribution in [0.5, 0.6) is 0 Å². The van der Waals surface area contributed by atoms with Crippen molar-refractivity contribution >= 4 is 0 Å². The molecule has 0 heterocycles. The molecule has 0 bridgehead atoms. The second-order valence-electron chi connectivity index (χ2n) is 0.756. The van der Waals surface area contributed by atoms with Gasteiger partial charge in [0.15, 0.2) is 0 Å². The second-order valence-corrected chi connectivity index (χ2v) is 3.12.